The van der Waals surface area contributed by atoms with E-state index in [0.29, 0.717) is 31.7 Å². The van der Waals surface area contributed by atoms with Gasteiger partial charge >= 0.3 is 6.03 Å². The molecule has 8 heteroatoms. The number of anilines is 2. The van der Waals surface area contributed by atoms with Gasteiger partial charge in [0.25, 0.3) is 0 Å². The van der Waals surface area contributed by atoms with Crippen molar-refractivity contribution in [1.29, 1.82) is 0 Å². The van der Waals surface area contributed by atoms with Crippen molar-refractivity contribution in [3.05, 3.63) is 12.4 Å². The van der Waals surface area contributed by atoms with Crippen LogP contribution in [0.4, 0.5) is 20.8 Å². The fraction of sp³-hybridized carbons (Fsp3) is 0.750. The standard InChI is InChI=1S/C20H31FN6O/c21-16-6-8-27(9-7-16)20(28)24-18-14-19(23-15-22-18)26-12-10-25(11-13-26)17-4-2-1-3-5-17/h14-17H,1-13H2,(H,22,23,24,28). The highest BCUT2D eigenvalue weighted by molar-refractivity contribution is 5.88. The van der Waals surface area contributed by atoms with E-state index in [1.54, 1.807) is 4.90 Å². The zero-order valence-electron chi connectivity index (χ0n) is 16.5. The molecule has 4 rings (SSSR count). The molecule has 0 radical (unpaired) electrons. The van der Waals surface area contributed by atoms with Crippen molar-refractivity contribution >= 4 is 17.7 Å². The van der Waals surface area contributed by atoms with Crippen molar-refractivity contribution in [2.24, 2.45) is 0 Å². The van der Waals surface area contributed by atoms with Crippen LogP contribution in [0, 0.1) is 0 Å². The Kier molecular flexibility index (Phi) is 6.24. The maximum Gasteiger partial charge on any atom is 0.323 e. The number of amides is 2. The molecule has 28 heavy (non-hydrogen) atoms. The highest BCUT2D eigenvalue weighted by atomic mass is 19.1. The molecule has 0 spiro atoms. The molecule has 1 N–H and O–H groups in total. The third-order valence-corrected chi connectivity index (χ3v) is 6.33. The molecule has 0 atom stereocenters. The van der Waals surface area contributed by atoms with Crippen LogP contribution in [-0.4, -0.2) is 77.3 Å². The number of urea groups is 1. The molecule has 1 saturated carbocycles. The van der Waals surface area contributed by atoms with E-state index in [2.05, 4.69) is 25.1 Å². The Morgan fingerprint density at radius 3 is 2.39 bits per heavy atom. The SMILES string of the molecule is O=C(Nc1cc(N2CCN(C3CCCCC3)CC2)ncn1)N1CCC(F)CC1. The average molecular weight is 391 g/mol. The maximum absolute atomic E-state index is 13.3. The van der Waals surface area contributed by atoms with Crippen LogP contribution in [-0.2, 0) is 0 Å². The predicted octanol–water partition coefficient (Wildman–Crippen LogP) is 2.90. The summed E-state index contributed by atoms with van der Waals surface area (Å²) in [5.41, 5.74) is 0. The summed E-state index contributed by atoms with van der Waals surface area (Å²) >= 11 is 0. The maximum atomic E-state index is 13.3. The van der Waals surface area contributed by atoms with Crippen LogP contribution in [0.1, 0.15) is 44.9 Å². The number of piperidine rings is 1. The zero-order valence-corrected chi connectivity index (χ0v) is 16.5. The van der Waals surface area contributed by atoms with E-state index in [-0.39, 0.29) is 6.03 Å². The van der Waals surface area contributed by atoms with Gasteiger partial charge in [0.1, 0.15) is 24.1 Å². The Morgan fingerprint density at radius 1 is 0.964 bits per heavy atom. The second-order valence-corrected chi connectivity index (χ2v) is 8.17. The summed E-state index contributed by atoms with van der Waals surface area (Å²) in [4.78, 5) is 27.6. The number of alkyl halides is 1. The van der Waals surface area contributed by atoms with Crippen LogP contribution in [0.25, 0.3) is 0 Å². The first-order valence-electron chi connectivity index (χ1n) is 10.7. The molecular formula is C20H31FN6O. The summed E-state index contributed by atoms with van der Waals surface area (Å²) in [6, 6.07) is 2.39. The van der Waals surface area contributed by atoms with Gasteiger partial charge in [-0.05, 0) is 25.7 Å². The molecule has 1 aromatic rings. The summed E-state index contributed by atoms with van der Waals surface area (Å²) in [6.07, 6.45) is 8.33. The van der Waals surface area contributed by atoms with Crippen LogP contribution in [0.5, 0.6) is 0 Å². The molecule has 1 aliphatic carbocycles. The lowest BCUT2D eigenvalue weighted by Gasteiger charge is -2.41. The van der Waals surface area contributed by atoms with Gasteiger partial charge in [0.15, 0.2) is 0 Å². The number of halogens is 1. The van der Waals surface area contributed by atoms with Crippen molar-refractivity contribution in [2.75, 3.05) is 49.5 Å². The van der Waals surface area contributed by atoms with E-state index in [1.807, 2.05) is 6.07 Å². The number of carbonyl (C=O) groups is 1. The first kappa shape index (κ1) is 19.4. The number of hydrogen-bond donors (Lipinski definition) is 1. The van der Waals surface area contributed by atoms with Gasteiger partial charge in [-0.25, -0.2) is 19.2 Å². The van der Waals surface area contributed by atoms with Crippen LogP contribution in [0.15, 0.2) is 12.4 Å². The molecule has 3 aliphatic rings. The number of hydrogen-bond acceptors (Lipinski definition) is 5. The van der Waals surface area contributed by atoms with Gasteiger partial charge in [0.05, 0.1) is 0 Å². The van der Waals surface area contributed by atoms with Gasteiger partial charge < -0.3 is 9.80 Å². The van der Waals surface area contributed by atoms with Crippen LogP contribution < -0.4 is 10.2 Å². The topological polar surface area (TPSA) is 64.6 Å². The fourth-order valence-corrected chi connectivity index (χ4v) is 4.59. The van der Waals surface area contributed by atoms with Crippen LogP contribution in [0.2, 0.25) is 0 Å². The minimum atomic E-state index is -0.790. The fourth-order valence-electron chi connectivity index (χ4n) is 4.59. The molecule has 0 aromatic carbocycles. The molecule has 0 bridgehead atoms. The third-order valence-electron chi connectivity index (χ3n) is 6.33. The molecule has 2 aliphatic heterocycles. The first-order valence-corrected chi connectivity index (χ1v) is 10.7. The number of piperazine rings is 1. The smallest absolute Gasteiger partial charge is 0.323 e. The summed E-state index contributed by atoms with van der Waals surface area (Å²) < 4.78 is 13.3. The summed E-state index contributed by atoms with van der Waals surface area (Å²) in [5.74, 6) is 1.36. The second-order valence-electron chi connectivity index (χ2n) is 8.17. The Balaban J connectivity index is 1.31. The number of rotatable bonds is 3. The normalized spacial score (nSPS) is 23.0. The molecule has 1 aromatic heterocycles. The largest absolute Gasteiger partial charge is 0.354 e. The van der Waals surface area contributed by atoms with Crippen molar-refractivity contribution in [3.63, 3.8) is 0 Å². The minimum absolute atomic E-state index is 0.210. The summed E-state index contributed by atoms with van der Waals surface area (Å²) in [7, 11) is 0. The lowest BCUT2D eigenvalue weighted by Crippen LogP contribution is -2.51. The monoisotopic (exact) mass is 390 g/mol. The van der Waals surface area contributed by atoms with Gasteiger partial charge in [-0.15, -0.1) is 0 Å². The van der Waals surface area contributed by atoms with Crippen molar-refractivity contribution in [1.82, 2.24) is 19.8 Å². The molecule has 0 unspecified atom stereocenters. The van der Waals surface area contributed by atoms with Crippen LogP contribution in [0.3, 0.4) is 0 Å². The number of carbonyl (C=O) groups excluding carboxylic acids is 1. The molecular weight excluding hydrogens is 359 g/mol. The van der Waals surface area contributed by atoms with Crippen LogP contribution >= 0.6 is 0 Å². The highest BCUT2D eigenvalue weighted by Gasteiger charge is 2.26. The molecule has 7 nitrogen and oxygen atoms in total. The number of aromatic nitrogens is 2. The molecule has 3 heterocycles. The highest BCUT2D eigenvalue weighted by Crippen LogP contribution is 2.25. The van der Waals surface area contributed by atoms with Gasteiger partial charge in [-0.3, -0.25) is 10.2 Å². The van der Waals surface area contributed by atoms with E-state index in [0.717, 1.165) is 38.0 Å². The Bertz CT molecular complexity index is 652. The quantitative estimate of drug-likeness (QED) is 0.860. The van der Waals surface area contributed by atoms with E-state index in [1.165, 1.54) is 38.4 Å². The molecule has 2 saturated heterocycles. The zero-order chi connectivity index (χ0) is 19.3. The Hall–Kier alpha value is -1.96. The molecule has 3 fully saturated rings. The Morgan fingerprint density at radius 2 is 1.68 bits per heavy atom. The lowest BCUT2D eigenvalue weighted by molar-refractivity contribution is 0.147. The third kappa shape index (κ3) is 4.71. The van der Waals surface area contributed by atoms with Crippen molar-refractivity contribution in [2.45, 2.75) is 57.2 Å². The minimum Gasteiger partial charge on any atom is -0.354 e. The number of likely N-dealkylation sites (tertiary alicyclic amines) is 1. The van der Waals surface area contributed by atoms with Crippen molar-refractivity contribution < 1.29 is 9.18 Å². The van der Waals surface area contributed by atoms with E-state index in [9.17, 15) is 9.18 Å². The van der Waals surface area contributed by atoms with E-state index >= 15 is 0 Å². The lowest BCUT2D eigenvalue weighted by atomic mass is 9.94. The molecule has 154 valence electrons. The first-order chi connectivity index (χ1) is 13.7. The van der Waals surface area contributed by atoms with E-state index < -0.39 is 6.17 Å². The summed E-state index contributed by atoms with van der Waals surface area (Å²) in [5, 5.41) is 2.84. The van der Waals surface area contributed by atoms with E-state index in [4.69, 9.17) is 0 Å². The number of nitrogens with zero attached hydrogens (tertiary/aromatic N) is 5. The average Bonchev–Trinajstić information content (AvgIpc) is 2.75. The van der Waals surface area contributed by atoms with Gasteiger partial charge in [-0.2, -0.15) is 0 Å². The van der Waals surface area contributed by atoms with Gasteiger partial charge in [0, 0.05) is 51.4 Å². The molecule has 2 amide bonds. The number of nitrogens with one attached hydrogen (secondary N) is 1. The van der Waals surface area contributed by atoms with Crippen molar-refractivity contribution in [3.8, 4) is 0 Å². The van der Waals surface area contributed by atoms with Gasteiger partial charge in [-0.1, -0.05) is 19.3 Å². The Labute approximate surface area is 166 Å². The summed E-state index contributed by atoms with van der Waals surface area (Å²) in [6.45, 7) is 4.93. The van der Waals surface area contributed by atoms with Gasteiger partial charge in [0.2, 0.25) is 0 Å². The second kappa shape index (κ2) is 9.03. The predicted molar refractivity (Wildman–Crippen MR) is 107 cm³/mol.